The van der Waals surface area contributed by atoms with Gasteiger partial charge in [-0.25, -0.2) is 0 Å². The Morgan fingerprint density at radius 3 is 2.47 bits per heavy atom. The quantitative estimate of drug-likeness (QED) is 0.826. The molecule has 0 aromatic heterocycles. The Morgan fingerprint density at radius 2 is 1.84 bits per heavy atom. The van der Waals surface area contributed by atoms with Gasteiger partial charge in [0.15, 0.2) is 0 Å². The van der Waals surface area contributed by atoms with Gasteiger partial charge in [0.2, 0.25) is 0 Å². The highest BCUT2D eigenvalue weighted by atomic mass is 16.3. The minimum Gasteiger partial charge on any atom is -0.395 e. The lowest BCUT2D eigenvalue weighted by molar-refractivity contribution is -0.135. The van der Waals surface area contributed by atoms with Crippen molar-refractivity contribution < 1.29 is 9.90 Å². The van der Waals surface area contributed by atoms with Crippen LogP contribution < -0.4 is 0 Å². The first-order valence-electron chi connectivity index (χ1n) is 7.63. The van der Waals surface area contributed by atoms with Crippen LogP contribution in [0.4, 0.5) is 0 Å². The van der Waals surface area contributed by atoms with E-state index in [1.807, 2.05) is 0 Å². The highest BCUT2D eigenvalue weighted by molar-refractivity contribution is 5.87. The zero-order valence-electron chi connectivity index (χ0n) is 12.4. The maximum atomic E-state index is 12.4. The Labute approximate surface area is 116 Å². The van der Waals surface area contributed by atoms with Crippen LogP contribution in [0.25, 0.3) is 0 Å². The molecule has 1 heterocycles. The number of aliphatic hydroxyl groups is 1. The predicted octanol–water partition coefficient (Wildman–Crippen LogP) is 0.992. The molecule has 2 fully saturated rings. The summed E-state index contributed by atoms with van der Waals surface area (Å²) in [6, 6.07) is 0. The molecule has 4 heteroatoms. The molecular weight excluding hydrogens is 240 g/mol. The van der Waals surface area contributed by atoms with Crippen LogP contribution in [-0.4, -0.2) is 66.6 Å². The average molecular weight is 268 g/mol. The number of hydrogen-bond acceptors (Lipinski definition) is 4. The second-order valence-electron chi connectivity index (χ2n) is 6.70. The van der Waals surface area contributed by atoms with E-state index in [9.17, 15) is 4.79 Å². The van der Waals surface area contributed by atoms with Gasteiger partial charge in [0, 0.05) is 50.6 Å². The van der Waals surface area contributed by atoms with Gasteiger partial charge in [-0.3, -0.25) is 9.69 Å². The zero-order valence-corrected chi connectivity index (χ0v) is 12.4. The third-order valence-electron chi connectivity index (χ3n) is 4.75. The number of aliphatic hydroxyl groups excluding tert-OH is 1. The lowest BCUT2D eigenvalue weighted by Crippen LogP contribution is -2.50. The van der Waals surface area contributed by atoms with Crippen molar-refractivity contribution in [1.82, 2.24) is 9.80 Å². The summed E-state index contributed by atoms with van der Waals surface area (Å²) in [6.45, 7) is 10.3. The molecule has 0 amide bonds. The Bertz CT molecular complexity index is 309. The van der Waals surface area contributed by atoms with Crippen molar-refractivity contribution in [2.75, 3.05) is 45.9 Å². The van der Waals surface area contributed by atoms with E-state index in [1.165, 1.54) is 6.42 Å². The van der Waals surface area contributed by atoms with Crippen molar-refractivity contribution >= 4 is 5.78 Å². The van der Waals surface area contributed by atoms with E-state index in [4.69, 9.17) is 5.11 Å². The molecule has 1 N–H and O–H groups in total. The molecule has 0 spiro atoms. The lowest BCUT2D eigenvalue weighted by Gasteiger charge is -2.39. The summed E-state index contributed by atoms with van der Waals surface area (Å²) >= 11 is 0. The summed E-state index contributed by atoms with van der Waals surface area (Å²) in [7, 11) is 0. The number of β-amino-alcohol motifs (C(OH)–C–C–N with tert-alkyl or cyclic N) is 1. The molecule has 1 unspecified atom stereocenters. The van der Waals surface area contributed by atoms with Gasteiger partial charge in [0.05, 0.1) is 6.61 Å². The molecule has 1 aliphatic carbocycles. The molecule has 1 aliphatic heterocycles. The van der Waals surface area contributed by atoms with Gasteiger partial charge in [0.25, 0.3) is 0 Å². The number of carbonyl (C=O) groups is 1. The van der Waals surface area contributed by atoms with E-state index in [0.29, 0.717) is 5.78 Å². The number of Topliss-reactive ketones (excluding diaryl/α,β-unsaturated/α-hetero) is 1. The molecule has 0 bridgehead atoms. The topological polar surface area (TPSA) is 43.8 Å². The highest BCUT2D eigenvalue weighted by Gasteiger charge is 2.37. The monoisotopic (exact) mass is 268 g/mol. The summed E-state index contributed by atoms with van der Waals surface area (Å²) in [4.78, 5) is 17.1. The molecule has 2 rings (SSSR count). The van der Waals surface area contributed by atoms with Gasteiger partial charge in [0.1, 0.15) is 5.78 Å². The number of rotatable bonds is 4. The lowest BCUT2D eigenvalue weighted by atomic mass is 9.71. The molecule has 0 aromatic rings. The third-order valence-corrected chi connectivity index (χ3v) is 4.75. The van der Waals surface area contributed by atoms with Crippen molar-refractivity contribution in [1.29, 1.82) is 0 Å². The van der Waals surface area contributed by atoms with Crippen LogP contribution in [0, 0.1) is 11.3 Å². The van der Waals surface area contributed by atoms with Gasteiger partial charge >= 0.3 is 0 Å². The maximum Gasteiger partial charge on any atom is 0.142 e. The van der Waals surface area contributed by atoms with E-state index in [-0.39, 0.29) is 17.9 Å². The predicted molar refractivity (Wildman–Crippen MR) is 76.1 cm³/mol. The zero-order chi connectivity index (χ0) is 13.9. The number of nitrogens with zero attached hydrogens (tertiary/aromatic N) is 2. The smallest absolute Gasteiger partial charge is 0.142 e. The van der Waals surface area contributed by atoms with E-state index < -0.39 is 0 Å². The van der Waals surface area contributed by atoms with Crippen molar-refractivity contribution in [3.63, 3.8) is 0 Å². The van der Waals surface area contributed by atoms with E-state index in [1.54, 1.807) is 0 Å². The summed E-state index contributed by atoms with van der Waals surface area (Å²) < 4.78 is 0. The molecule has 4 nitrogen and oxygen atoms in total. The Morgan fingerprint density at radius 1 is 1.21 bits per heavy atom. The van der Waals surface area contributed by atoms with Crippen LogP contribution in [0.5, 0.6) is 0 Å². The Kier molecular flexibility index (Phi) is 4.98. The standard InChI is InChI=1S/C15H28N2O2/c1-15(2)5-3-4-13(14(15)19)12-17-8-6-16(7-9-17)10-11-18/h13,18H,3-12H2,1-2H3. The van der Waals surface area contributed by atoms with Gasteiger partial charge in [-0.1, -0.05) is 20.3 Å². The molecule has 1 saturated carbocycles. The number of hydrogen-bond donors (Lipinski definition) is 1. The van der Waals surface area contributed by atoms with Crippen LogP contribution in [0.2, 0.25) is 0 Å². The fraction of sp³-hybridized carbons (Fsp3) is 0.933. The van der Waals surface area contributed by atoms with Crippen molar-refractivity contribution in [2.24, 2.45) is 11.3 Å². The molecule has 1 atom stereocenters. The molecule has 19 heavy (non-hydrogen) atoms. The number of carbonyl (C=O) groups excluding carboxylic acids is 1. The van der Waals surface area contributed by atoms with Crippen LogP contribution in [-0.2, 0) is 4.79 Å². The summed E-state index contributed by atoms with van der Waals surface area (Å²) in [5, 5.41) is 8.94. The normalized spacial score (nSPS) is 29.6. The first kappa shape index (κ1) is 14.9. The highest BCUT2D eigenvalue weighted by Crippen LogP contribution is 2.35. The van der Waals surface area contributed by atoms with Gasteiger partial charge in [-0.15, -0.1) is 0 Å². The third kappa shape index (κ3) is 3.77. The molecule has 0 aromatic carbocycles. The van der Waals surface area contributed by atoms with Gasteiger partial charge < -0.3 is 10.0 Å². The second-order valence-corrected chi connectivity index (χ2v) is 6.70. The number of piperazine rings is 1. The SMILES string of the molecule is CC1(C)CCCC(CN2CCN(CCO)CC2)C1=O. The minimum atomic E-state index is -0.109. The molecule has 0 radical (unpaired) electrons. The van der Waals surface area contributed by atoms with E-state index >= 15 is 0 Å². The van der Waals surface area contributed by atoms with Gasteiger partial charge in [-0.05, 0) is 12.8 Å². The summed E-state index contributed by atoms with van der Waals surface area (Å²) in [5.74, 6) is 0.713. The number of ketones is 1. The summed E-state index contributed by atoms with van der Waals surface area (Å²) in [5.41, 5.74) is -0.109. The van der Waals surface area contributed by atoms with Crippen molar-refractivity contribution in [3.8, 4) is 0 Å². The van der Waals surface area contributed by atoms with Crippen LogP contribution in [0.15, 0.2) is 0 Å². The molecule has 2 aliphatic rings. The fourth-order valence-electron chi connectivity index (χ4n) is 3.42. The molecular formula is C15H28N2O2. The minimum absolute atomic E-state index is 0.109. The molecule has 1 saturated heterocycles. The Balaban J connectivity index is 1.80. The first-order chi connectivity index (χ1) is 9.03. The summed E-state index contributed by atoms with van der Waals surface area (Å²) in [6.07, 6.45) is 3.31. The van der Waals surface area contributed by atoms with Crippen LogP contribution in [0.1, 0.15) is 33.1 Å². The fourth-order valence-corrected chi connectivity index (χ4v) is 3.42. The Hall–Kier alpha value is -0.450. The van der Waals surface area contributed by atoms with Crippen LogP contribution >= 0.6 is 0 Å². The average Bonchev–Trinajstić information content (AvgIpc) is 2.38. The van der Waals surface area contributed by atoms with Crippen molar-refractivity contribution in [3.05, 3.63) is 0 Å². The molecule has 110 valence electrons. The second kappa shape index (κ2) is 6.33. The van der Waals surface area contributed by atoms with Crippen LogP contribution in [0.3, 0.4) is 0 Å². The first-order valence-corrected chi connectivity index (χ1v) is 7.63. The van der Waals surface area contributed by atoms with Crippen molar-refractivity contribution in [2.45, 2.75) is 33.1 Å². The maximum absolute atomic E-state index is 12.4. The van der Waals surface area contributed by atoms with E-state index in [0.717, 1.165) is 52.1 Å². The van der Waals surface area contributed by atoms with Gasteiger partial charge in [-0.2, -0.15) is 0 Å². The largest absolute Gasteiger partial charge is 0.395 e. The van der Waals surface area contributed by atoms with E-state index in [2.05, 4.69) is 23.6 Å².